The van der Waals surface area contributed by atoms with Crippen LogP contribution in [-0.4, -0.2) is 34.9 Å². The van der Waals surface area contributed by atoms with Crippen LogP contribution < -0.4 is 5.32 Å². The Hall–Kier alpha value is -2.06. The first kappa shape index (κ1) is 20.7. The van der Waals surface area contributed by atoms with E-state index < -0.39 is 5.97 Å². The predicted octanol–water partition coefficient (Wildman–Crippen LogP) is 5.05. The number of methoxy groups -OCH3 is 1. The third-order valence-electron chi connectivity index (χ3n) is 3.90. The highest BCUT2D eigenvalue weighted by Gasteiger charge is 2.32. The Morgan fingerprint density at radius 2 is 1.86 bits per heavy atom. The number of hydrogen-bond acceptors (Lipinski definition) is 6. The largest absolute Gasteiger partial charge is 0.465 e. The van der Waals surface area contributed by atoms with Gasteiger partial charge in [-0.15, -0.1) is 0 Å². The summed E-state index contributed by atoms with van der Waals surface area (Å²) in [6.45, 7) is 0.190. The molecule has 5 nitrogen and oxygen atoms in total. The number of nitrogens with one attached hydrogen (secondary N) is 1. The fourth-order valence-electron chi connectivity index (χ4n) is 2.43. The van der Waals surface area contributed by atoms with E-state index in [1.165, 1.54) is 23.8 Å². The van der Waals surface area contributed by atoms with Gasteiger partial charge in [0.1, 0.15) is 4.32 Å². The molecule has 1 amide bonds. The molecule has 1 aliphatic heterocycles. The number of amides is 1. The second-order valence-electron chi connectivity index (χ2n) is 5.65. The van der Waals surface area contributed by atoms with E-state index in [1.807, 2.05) is 0 Å². The highest BCUT2D eigenvalue weighted by Crippen LogP contribution is 2.35. The molecule has 1 fully saturated rings. The van der Waals surface area contributed by atoms with Gasteiger partial charge in [0.05, 0.1) is 24.2 Å². The van der Waals surface area contributed by atoms with E-state index in [1.54, 1.807) is 48.5 Å². The van der Waals surface area contributed by atoms with Crippen molar-refractivity contribution in [2.24, 2.45) is 0 Å². The van der Waals surface area contributed by atoms with E-state index in [9.17, 15) is 9.59 Å². The van der Waals surface area contributed by atoms with Crippen molar-refractivity contribution in [1.29, 1.82) is 0 Å². The second kappa shape index (κ2) is 8.96. The number of thiocarbonyl (C=S) groups is 1. The van der Waals surface area contributed by atoms with Crippen LogP contribution in [0.5, 0.6) is 0 Å². The zero-order valence-corrected chi connectivity index (χ0v) is 17.7. The summed E-state index contributed by atoms with van der Waals surface area (Å²) in [7, 11) is 1.33. The number of thioether (sulfide) groups is 1. The smallest absolute Gasteiger partial charge is 0.337 e. The minimum absolute atomic E-state index is 0.190. The molecule has 0 radical (unpaired) electrons. The number of nitrogens with zero attached hydrogens (tertiary/aromatic N) is 1. The quantitative estimate of drug-likeness (QED) is 0.389. The summed E-state index contributed by atoms with van der Waals surface area (Å²) < 4.78 is 5.09. The maximum absolute atomic E-state index is 12.7. The predicted molar refractivity (Wildman–Crippen MR) is 118 cm³/mol. The summed E-state index contributed by atoms with van der Waals surface area (Å²) in [5.74, 6) is -0.642. The Labute approximate surface area is 181 Å². The van der Waals surface area contributed by atoms with Crippen molar-refractivity contribution >= 4 is 75.1 Å². The Kier molecular flexibility index (Phi) is 6.61. The number of ether oxygens (including phenoxy) is 1. The van der Waals surface area contributed by atoms with Crippen LogP contribution >= 0.6 is 47.2 Å². The topological polar surface area (TPSA) is 58.6 Å². The first-order valence-corrected chi connectivity index (χ1v) is 10.0. The van der Waals surface area contributed by atoms with Gasteiger partial charge in [-0.25, -0.2) is 4.79 Å². The summed E-state index contributed by atoms with van der Waals surface area (Å²) in [4.78, 5) is 26.1. The molecule has 2 aromatic carbocycles. The number of carbonyl (C=O) groups is 2. The zero-order valence-electron chi connectivity index (χ0n) is 14.6. The molecule has 0 bridgehead atoms. The van der Waals surface area contributed by atoms with Gasteiger partial charge in [-0.3, -0.25) is 9.69 Å². The molecule has 9 heteroatoms. The van der Waals surface area contributed by atoms with Gasteiger partial charge in [-0.2, -0.15) is 0 Å². The molecular weight excluding hydrogens is 439 g/mol. The summed E-state index contributed by atoms with van der Waals surface area (Å²) in [6, 6.07) is 11.9. The van der Waals surface area contributed by atoms with Crippen LogP contribution in [0.1, 0.15) is 15.9 Å². The maximum Gasteiger partial charge on any atom is 0.337 e. The molecule has 0 spiro atoms. The van der Waals surface area contributed by atoms with Crippen molar-refractivity contribution in [3.63, 3.8) is 0 Å². The van der Waals surface area contributed by atoms with E-state index in [4.69, 9.17) is 35.4 Å². The molecule has 1 saturated heterocycles. The SMILES string of the molecule is COC(=O)c1ccc(NCN2C(=O)/C(=C/c3c(Cl)cccc3Cl)SC2=S)cc1. The first-order chi connectivity index (χ1) is 13.4. The number of benzene rings is 2. The van der Waals surface area contributed by atoms with Gasteiger partial charge in [0.2, 0.25) is 0 Å². The molecule has 2 aromatic rings. The van der Waals surface area contributed by atoms with Crippen LogP contribution in [0.2, 0.25) is 10.0 Å². The minimum atomic E-state index is -0.410. The van der Waals surface area contributed by atoms with E-state index in [0.717, 1.165) is 5.69 Å². The van der Waals surface area contributed by atoms with Crippen LogP contribution in [0.4, 0.5) is 5.69 Å². The van der Waals surface area contributed by atoms with Crippen LogP contribution in [0, 0.1) is 0 Å². The molecule has 0 atom stereocenters. The van der Waals surface area contributed by atoms with Gasteiger partial charge in [-0.05, 0) is 42.5 Å². The average Bonchev–Trinajstić information content (AvgIpc) is 2.96. The molecule has 1 heterocycles. The minimum Gasteiger partial charge on any atom is -0.465 e. The fraction of sp³-hybridized carbons (Fsp3) is 0.105. The molecule has 0 aliphatic carbocycles. The third kappa shape index (κ3) is 4.50. The Bertz CT molecular complexity index is 957. The highest BCUT2D eigenvalue weighted by molar-refractivity contribution is 8.26. The Balaban J connectivity index is 1.70. The first-order valence-electron chi connectivity index (χ1n) is 8.02. The van der Waals surface area contributed by atoms with Crippen LogP contribution in [0.3, 0.4) is 0 Å². The van der Waals surface area contributed by atoms with Crippen molar-refractivity contribution in [3.05, 3.63) is 68.5 Å². The molecular formula is C19H14Cl2N2O3S2. The highest BCUT2D eigenvalue weighted by atomic mass is 35.5. The van der Waals surface area contributed by atoms with Gasteiger partial charge in [0, 0.05) is 21.3 Å². The number of anilines is 1. The van der Waals surface area contributed by atoms with Crippen molar-refractivity contribution in [2.75, 3.05) is 19.1 Å². The van der Waals surface area contributed by atoms with Crippen molar-refractivity contribution < 1.29 is 14.3 Å². The third-order valence-corrected chi connectivity index (χ3v) is 5.93. The number of carbonyl (C=O) groups excluding carboxylic acids is 2. The molecule has 0 unspecified atom stereocenters. The average molecular weight is 453 g/mol. The standard InChI is InChI=1S/C19H14Cl2N2O3S2/c1-26-18(25)11-5-7-12(8-6-11)22-10-23-17(24)16(28-19(23)27)9-13-14(20)3-2-4-15(13)21/h2-9,22H,10H2,1H3/b16-9-. The molecule has 28 heavy (non-hydrogen) atoms. The zero-order chi connectivity index (χ0) is 20.3. The molecule has 1 N–H and O–H groups in total. The lowest BCUT2D eigenvalue weighted by Crippen LogP contribution is -2.33. The maximum atomic E-state index is 12.7. The van der Waals surface area contributed by atoms with Crippen molar-refractivity contribution in [2.45, 2.75) is 0 Å². The van der Waals surface area contributed by atoms with Gasteiger partial charge in [0.15, 0.2) is 0 Å². The van der Waals surface area contributed by atoms with Crippen LogP contribution in [0.25, 0.3) is 6.08 Å². The van der Waals surface area contributed by atoms with Gasteiger partial charge in [0.25, 0.3) is 5.91 Å². The number of esters is 1. The molecule has 0 saturated carbocycles. The molecule has 144 valence electrons. The van der Waals surface area contributed by atoms with Gasteiger partial charge < -0.3 is 10.1 Å². The normalized spacial score (nSPS) is 15.2. The monoisotopic (exact) mass is 452 g/mol. The lowest BCUT2D eigenvalue weighted by Gasteiger charge is -2.16. The van der Waals surface area contributed by atoms with E-state index in [0.29, 0.717) is 30.4 Å². The van der Waals surface area contributed by atoms with Crippen LogP contribution in [0.15, 0.2) is 47.4 Å². The van der Waals surface area contributed by atoms with E-state index in [-0.39, 0.29) is 12.6 Å². The van der Waals surface area contributed by atoms with E-state index in [2.05, 4.69) is 10.1 Å². The Morgan fingerprint density at radius 1 is 1.21 bits per heavy atom. The fourth-order valence-corrected chi connectivity index (χ4v) is 4.17. The number of rotatable bonds is 5. The number of halogens is 2. The second-order valence-corrected chi connectivity index (χ2v) is 8.14. The molecule has 0 aromatic heterocycles. The van der Waals surface area contributed by atoms with Crippen molar-refractivity contribution in [3.8, 4) is 0 Å². The van der Waals surface area contributed by atoms with Crippen molar-refractivity contribution in [1.82, 2.24) is 4.90 Å². The van der Waals surface area contributed by atoms with E-state index >= 15 is 0 Å². The summed E-state index contributed by atoms with van der Waals surface area (Å²) in [5.41, 5.74) is 1.76. The lowest BCUT2D eigenvalue weighted by atomic mass is 10.2. The lowest BCUT2D eigenvalue weighted by molar-refractivity contribution is -0.121. The Morgan fingerprint density at radius 3 is 2.46 bits per heavy atom. The number of hydrogen-bond donors (Lipinski definition) is 1. The summed E-state index contributed by atoms with van der Waals surface area (Å²) in [6.07, 6.45) is 1.65. The van der Waals surface area contributed by atoms with Gasteiger partial charge in [-0.1, -0.05) is 53.2 Å². The van der Waals surface area contributed by atoms with Gasteiger partial charge >= 0.3 is 5.97 Å². The molecule has 3 rings (SSSR count). The molecule has 1 aliphatic rings. The van der Waals surface area contributed by atoms with Crippen LogP contribution in [-0.2, 0) is 9.53 Å². The summed E-state index contributed by atoms with van der Waals surface area (Å²) >= 11 is 18.9. The summed E-state index contributed by atoms with van der Waals surface area (Å²) in [5, 5.41) is 4.03.